The number of ketones is 1. The van der Waals surface area contributed by atoms with Crippen molar-refractivity contribution in [2.45, 2.75) is 25.9 Å². The third kappa shape index (κ3) is 5.87. The molecule has 1 heterocycles. The van der Waals surface area contributed by atoms with Gasteiger partial charge in [-0.25, -0.2) is 0 Å². The number of carbonyl (C=O) groups excluding carboxylic acids is 3. The molecule has 0 aliphatic heterocycles. The van der Waals surface area contributed by atoms with Gasteiger partial charge in [0, 0.05) is 18.1 Å². The maximum Gasteiger partial charge on any atom is 0.308 e. The molecule has 8 nitrogen and oxygen atoms in total. The zero-order valence-corrected chi connectivity index (χ0v) is 20.2. The molecule has 36 heavy (non-hydrogen) atoms. The number of nitrogens with zero attached hydrogens (tertiary/aromatic N) is 1. The Morgan fingerprint density at radius 2 is 1.72 bits per heavy atom. The minimum absolute atomic E-state index is 0.0905. The standard InChI is InChI=1S/C27H24N2O6S/c1-17(30)28-22(26(32)33)15-18-7-10-21(11-8-18)35-14-13-29-23-12-9-20(16-24(23)36-27(29)34)25(31)19-5-3-2-4-6-19/h2-12,16,22H,13-15H2,1H3,(H,28,30)(H,32,33)/p-1. The van der Waals surface area contributed by atoms with Gasteiger partial charge in [0.25, 0.3) is 0 Å². The minimum Gasteiger partial charge on any atom is -0.548 e. The molecule has 0 fully saturated rings. The van der Waals surface area contributed by atoms with Gasteiger partial charge in [0.05, 0.1) is 28.8 Å². The molecule has 0 saturated heterocycles. The fraction of sp³-hybridized carbons (Fsp3) is 0.185. The molecule has 4 aromatic rings. The molecule has 0 spiro atoms. The Bertz CT molecular complexity index is 1460. The lowest BCUT2D eigenvalue weighted by molar-refractivity contribution is -0.308. The van der Waals surface area contributed by atoms with Crippen molar-refractivity contribution >= 4 is 39.2 Å². The van der Waals surface area contributed by atoms with E-state index in [4.69, 9.17) is 4.74 Å². The van der Waals surface area contributed by atoms with Crippen LogP contribution < -0.4 is 20.0 Å². The maximum absolute atomic E-state index is 12.7. The maximum atomic E-state index is 12.7. The molecular weight excluding hydrogens is 480 g/mol. The zero-order chi connectivity index (χ0) is 25.7. The number of carbonyl (C=O) groups is 3. The zero-order valence-electron chi connectivity index (χ0n) is 19.4. The minimum atomic E-state index is -1.35. The number of carboxylic acid groups (broad SMARTS) is 1. The Labute approximate surface area is 210 Å². The SMILES string of the molecule is CC(=O)NC(Cc1ccc(OCCn2c(=O)sc3cc(C(=O)c4ccccc4)ccc32)cc1)C(=O)[O-]. The smallest absolute Gasteiger partial charge is 0.308 e. The summed E-state index contributed by atoms with van der Waals surface area (Å²) < 4.78 is 8.11. The van der Waals surface area contributed by atoms with Crippen LogP contribution in [0.5, 0.6) is 5.75 Å². The van der Waals surface area contributed by atoms with Crippen LogP contribution in [-0.2, 0) is 22.6 Å². The normalized spacial score (nSPS) is 11.7. The van der Waals surface area contributed by atoms with E-state index in [0.717, 1.165) is 21.6 Å². The number of ether oxygens (including phenoxy) is 1. The molecule has 1 unspecified atom stereocenters. The predicted molar refractivity (Wildman–Crippen MR) is 134 cm³/mol. The molecule has 0 aliphatic carbocycles. The summed E-state index contributed by atoms with van der Waals surface area (Å²) in [5.41, 5.74) is 2.55. The quantitative estimate of drug-likeness (QED) is 0.332. The summed E-state index contributed by atoms with van der Waals surface area (Å²) in [6.07, 6.45) is 0.0905. The molecule has 0 aliphatic rings. The Morgan fingerprint density at radius 1 is 1.00 bits per heavy atom. The van der Waals surface area contributed by atoms with Crippen molar-refractivity contribution in [1.82, 2.24) is 9.88 Å². The molecule has 1 amide bonds. The van der Waals surface area contributed by atoms with Crippen LogP contribution >= 0.6 is 11.3 Å². The first kappa shape index (κ1) is 24.9. The number of aliphatic carboxylic acids is 1. The molecule has 1 aromatic heterocycles. The molecule has 0 saturated carbocycles. The van der Waals surface area contributed by atoms with Crippen LogP contribution in [0.1, 0.15) is 28.4 Å². The van der Waals surface area contributed by atoms with E-state index in [0.29, 0.717) is 29.0 Å². The number of amides is 1. The Kier molecular flexibility index (Phi) is 7.60. The largest absolute Gasteiger partial charge is 0.548 e. The van der Waals surface area contributed by atoms with E-state index in [1.165, 1.54) is 6.92 Å². The van der Waals surface area contributed by atoms with Crippen LogP contribution in [0.25, 0.3) is 10.2 Å². The van der Waals surface area contributed by atoms with E-state index in [1.807, 2.05) is 18.2 Å². The highest BCUT2D eigenvalue weighted by atomic mass is 32.1. The topological polar surface area (TPSA) is 118 Å². The molecule has 4 rings (SSSR count). The summed E-state index contributed by atoms with van der Waals surface area (Å²) in [7, 11) is 0. The number of hydrogen-bond acceptors (Lipinski definition) is 7. The number of nitrogens with one attached hydrogen (secondary N) is 1. The second-order valence-corrected chi connectivity index (χ2v) is 9.16. The monoisotopic (exact) mass is 503 g/mol. The lowest BCUT2D eigenvalue weighted by Gasteiger charge is -2.19. The highest BCUT2D eigenvalue weighted by Gasteiger charge is 2.14. The van der Waals surface area contributed by atoms with Gasteiger partial charge in [0.2, 0.25) is 5.91 Å². The third-order valence-electron chi connectivity index (χ3n) is 5.58. The van der Waals surface area contributed by atoms with E-state index < -0.39 is 17.9 Å². The summed E-state index contributed by atoms with van der Waals surface area (Å²) in [4.78, 5) is 47.5. The van der Waals surface area contributed by atoms with Crippen LogP contribution in [0, 0.1) is 0 Å². The molecule has 0 radical (unpaired) electrons. The molecule has 0 bridgehead atoms. The lowest BCUT2D eigenvalue weighted by atomic mass is 10.0. The van der Waals surface area contributed by atoms with Crippen molar-refractivity contribution in [2.24, 2.45) is 0 Å². The second kappa shape index (κ2) is 11.0. The van der Waals surface area contributed by atoms with Gasteiger partial charge in [-0.2, -0.15) is 0 Å². The van der Waals surface area contributed by atoms with Crippen LogP contribution in [-0.4, -0.2) is 34.9 Å². The van der Waals surface area contributed by atoms with E-state index >= 15 is 0 Å². The molecular formula is C27H23N2O6S-. The van der Waals surface area contributed by atoms with Gasteiger partial charge in [0.15, 0.2) is 5.78 Å². The van der Waals surface area contributed by atoms with Crippen LogP contribution in [0.3, 0.4) is 0 Å². The van der Waals surface area contributed by atoms with Gasteiger partial charge in [0.1, 0.15) is 12.4 Å². The molecule has 1 atom stereocenters. The van der Waals surface area contributed by atoms with Crippen LogP contribution in [0.4, 0.5) is 0 Å². The fourth-order valence-electron chi connectivity index (χ4n) is 3.83. The Hall–Kier alpha value is -4.24. The van der Waals surface area contributed by atoms with E-state index in [-0.39, 0.29) is 23.7 Å². The summed E-state index contributed by atoms with van der Waals surface area (Å²) in [6.45, 7) is 1.81. The fourth-order valence-corrected chi connectivity index (χ4v) is 4.78. The molecule has 9 heteroatoms. The number of benzene rings is 3. The number of carboxylic acids is 1. The van der Waals surface area contributed by atoms with Crippen molar-refractivity contribution in [3.8, 4) is 5.75 Å². The summed E-state index contributed by atoms with van der Waals surface area (Å²) >= 11 is 1.08. The predicted octanol–water partition coefficient (Wildman–Crippen LogP) is 2.17. The van der Waals surface area contributed by atoms with Crippen molar-refractivity contribution in [3.05, 3.63) is 99.2 Å². The van der Waals surface area contributed by atoms with Gasteiger partial charge in [-0.15, -0.1) is 0 Å². The van der Waals surface area contributed by atoms with Crippen molar-refractivity contribution in [3.63, 3.8) is 0 Å². The van der Waals surface area contributed by atoms with Gasteiger partial charge in [-0.05, 0) is 42.3 Å². The van der Waals surface area contributed by atoms with Crippen LogP contribution in [0.15, 0.2) is 77.6 Å². The number of thiazole rings is 1. The van der Waals surface area contributed by atoms with Crippen LogP contribution in [0.2, 0.25) is 0 Å². The van der Waals surface area contributed by atoms with Gasteiger partial charge < -0.3 is 20.0 Å². The highest BCUT2D eigenvalue weighted by molar-refractivity contribution is 7.16. The summed E-state index contributed by atoms with van der Waals surface area (Å²) in [5.74, 6) is -1.33. The first-order chi connectivity index (χ1) is 17.3. The molecule has 1 N–H and O–H groups in total. The second-order valence-electron chi connectivity index (χ2n) is 8.17. The van der Waals surface area contributed by atoms with Gasteiger partial charge >= 0.3 is 4.87 Å². The highest BCUT2D eigenvalue weighted by Crippen LogP contribution is 2.21. The van der Waals surface area contributed by atoms with E-state index in [1.54, 1.807) is 59.2 Å². The first-order valence-electron chi connectivity index (χ1n) is 11.2. The number of hydrogen-bond donors (Lipinski definition) is 1. The number of rotatable bonds is 10. The number of fused-ring (bicyclic) bond motifs is 1. The molecule has 184 valence electrons. The van der Waals surface area contributed by atoms with Gasteiger partial charge in [-0.3, -0.25) is 19.0 Å². The third-order valence-corrected chi connectivity index (χ3v) is 6.52. The van der Waals surface area contributed by atoms with Crippen molar-refractivity contribution < 1.29 is 24.2 Å². The Morgan fingerprint density at radius 3 is 2.39 bits per heavy atom. The van der Waals surface area contributed by atoms with Crippen molar-refractivity contribution in [2.75, 3.05) is 6.61 Å². The Balaban J connectivity index is 1.39. The number of aromatic nitrogens is 1. The summed E-state index contributed by atoms with van der Waals surface area (Å²) in [6, 6.07) is 19.9. The lowest BCUT2D eigenvalue weighted by Crippen LogP contribution is -2.48. The average molecular weight is 504 g/mol. The van der Waals surface area contributed by atoms with Gasteiger partial charge in [-0.1, -0.05) is 53.8 Å². The average Bonchev–Trinajstić information content (AvgIpc) is 3.18. The van der Waals surface area contributed by atoms with E-state index in [9.17, 15) is 24.3 Å². The summed E-state index contributed by atoms with van der Waals surface area (Å²) in [5, 5.41) is 13.6. The first-order valence-corrected chi connectivity index (χ1v) is 12.1. The van der Waals surface area contributed by atoms with Crippen molar-refractivity contribution in [1.29, 1.82) is 0 Å². The molecule has 3 aromatic carbocycles. The van der Waals surface area contributed by atoms with E-state index in [2.05, 4.69) is 5.32 Å².